The maximum Gasteiger partial charge on any atom is 0.338 e. The fraction of sp³-hybridized carbons (Fsp3) is 0.488. The van der Waals surface area contributed by atoms with Crippen molar-refractivity contribution in [3.8, 4) is 0 Å². The number of ketones is 1. The van der Waals surface area contributed by atoms with Gasteiger partial charge in [-0.2, -0.15) is 0 Å². The SMILES string of the molecule is C=C1[C@@H](OC(=O)/C=C/c2ccccc2)C[C@H](OC(C)=O)[C@]2(C)[C@@H]1C[C@@H]1C[C@H](OC(=O)CCC(=O)O[C@H]3C(=O)[C@@]4(C)C(C(OC(=O)c5ccccc5)[C@]5(O)C[C@H](OC(=O)[C@H](O)[C@@H](NC(=O)c6ccccc6)c6ccccc6)C(C)=C3C5(C)C)[C@]3(OC(C)=O)CO[C@@H]3C[C@@H]4O)C(C)=C([C@@H](OC(C)=O)[C@@H]2OC(C)=O)C1(C)C. The van der Waals surface area contributed by atoms with Crippen molar-refractivity contribution in [3.63, 3.8) is 0 Å². The lowest BCUT2D eigenvalue weighted by Gasteiger charge is -2.67. The first-order valence-corrected chi connectivity index (χ1v) is 36.7. The number of hydrogen-bond acceptors (Lipinski definition) is 24. The average Bonchev–Trinajstić information content (AvgIpc) is 0.669. The van der Waals surface area contributed by atoms with Crippen LogP contribution in [0.2, 0.25) is 0 Å². The van der Waals surface area contributed by atoms with Crippen LogP contribution in [-0.4, -0.2) is 166 Å². The third-order valence-electron chi connectivity index (χ3n) is 24.2. The van der Waals surface area contributed by atoms with Crippen LogP contribution in [0.1, 0.15) is 166 Å². The number of Topliss-reactive ketones (excluding diaryl/α,β-unsaturated/α-hetero) is 1. The summed E-state index contributed by atoms with van der Waals surface area (Å²) in [7, 11) is 0. The molecule has 25 heteroatoms. The molecular weight excluding hydrogens is 1410 g/mol. The molecule has 19 atom stereocenters. The molecule has 580 valence electrons. The zero-order valence-electron chi connectivity index (χ0n) is 63.1. The second kappa shape index (κ2) is 31.2. The van der Waals surface area contributed by atoms with Gasteiger partial charge in [0.2, 0.25) is 0 Å². The van der Waals surface area contributed by atoms with Gasteiger partial charge in [0.05, 0.1) is 53.9 Å². The number of amides is 1. The molecule has 5 fully saturated rings. The number of aliphatic hydroxyl groups is 3. The lowest BCUT2D eigenvalue weighted by atomic mass is 9.44. The van der Waals surface area contributed by atoms with E-state index in [-0.39, 0.29) is 53.5 Å². The minimum absolute atomic E-state index is 0.000876. The van der Waals surface area contributed by atoms with Crippen LogP contribution in [0, 0.1) is 39.4 Å². The summed E-state index contributed by atoms with van der Waals surface area (Å²) >= 11 is 0. The number of benzene rings is 4. The Morgan fingerprint density at radius 3 is 1.77 bits per heavy atom. The van der Waals surface area contributed by atoms with E-state index >= 15 is 9.59 Å². The highest BCUT2D eigenvalue weighted by Gasteiger charge is 2.79. The molecule has 4 bridgehead atoms. The van der Waals surface area contributed by atoms with Gasteiger partial charge in [-0.25, -0.2) is 14.4 Å². The highest BCUT2D eigenvalue weighted by molar-refractivity contribution is 5.97. The molecule has 11 rings (SSSR count). The van der Waals surface area contributed by atoms with Gasteiger partial charge in [0.1, 0.15) is 42.2 Å². The monoisotopic (exact) mass is 1500 g/mol. The van der Waals surface area contributed by atoms with Crippen molar-refractivity contribution in [2.75, 3.05) is 6.61 Å². The van der Waals surface area contributed by atoms with E-state index in [1.54, 1.807) is 111 Å². The number of esters is 9. The van der Waals surface area contributed by atoms with Gasteiger partial charge in [0.15, 0.2) is 35.8 Å². The first-order valence-electron chi connectivity index (χ1n) is 36.7. The number of aliphatic hydroxyl groups excluding tert-OH is 2. The van der Waals surface area contributed by atoms with Gasteiger partial charge in [-0.15, -0.1) is 0 Å². The molecule has 4 saturated carbocycles. The number of ether oxygens (including phenoxy) is 10. The molecular formula is C84H95NO24. The minimum atomic E-state index is -2.63. The number of carbonyl (C=O) groups is 11. The molecule has 6 aliphatic carbocycles. The summed E-state index contributed by atoms with van der Waals surface area (Å²) in [6.07, 6.45) is -16.9. The van der Waals surface area contributed by atoms with E-state index in [0.717, 1.165) is 12.5 Å². The van der Waals surface area contributed by atoms with Gasteiger partial charge in [0.25, 0.3) is 5.91 Å². The van der Waals surface area contributed by atoms with Crippen molar-refractivity contribution >= 4 is 71.5 Å². The number of carbonyl (C=O) groups excluding carboxylic acids is 11. The Labute approximate surface area is 632 Å². The molecule has 0 spiro atoms. The van der Waals surface area contributed by atoms with Crippen molar-refractivity contribution < 1.29 is 115 Å². The van der Waals surface area contributed by atoms with E-state index in [0.29, 0.717) is 16.7 Å². The van der Waals surface area contributed by atoms with E-state index in [1.807, 2.05) is 19.9 Å². The zero-order valence-corrected chi connectivity index (χ0v) is 63.1. The molecule has 0 radical (unpaired) electrons. The number of fused-ring (bicyclic) bond motifs is 8. The molecule has 2 unspecified atom stereocenters. The van der Waals surface area contributed by atoms with Gasteiger partial charge in [-0.1, -0.05) is 138 Å². The molecule has 1 amide bonds. The topological polar surface area (TPSA) is 353 Å². The summed E-state index contributed by atoms with van der Waals surface area (Å²) in [5, 5.41) is 42.0. The molecule has 0 aromatic heterocycles. The Balaban J connectivity index is 0.951. The van der Waals surface area contributed by atoms with E-state index in [4.69, 9.17) is 47.4 Å². The second-order valence-corrected chi connectivity index (χ2v) is 31.3. The maximum absolute atomic E-state index is 16.6. The smallest absolute Gasteiger partial charge is 0.338 e. The average molecular weight is 1500 g/mol. The van der Waals surface area contributed by atoms with Gasteiger partial charge >= 0.3 is 53.7 Å². The Morgan fingerprint density at radius 2 is 1.19 bits per heavy atom. The highest BCUT2D eigenvalue weighted by atomic mass is 16.6. The lowest BCUT2D eigenvalue weighted by Crippen LogP contribution is -2.82. The number of nitrogens with one attached hydrogen (secondary N) is 1. The third-order valence-corrected chi connectivity index (χ3v) is 24.2. The Morgan fingerprint density at radius 1 is 0.624 bits per heavy atom. The molecule has 1 aliphatic heterocycles. The highest BCUT2D eigenvalue weighted by Crippen LogP contribution is 2.66. The molecule has 4 aromatic carbocycles. The number of rotatable bonds is 20. The molecule has 25 nitrogen and oxygen atoms in total. The zero-order chi connectivity index (χ0) is 79.2. The second-order valence-electron chi connectivity index (χ2n) is 31.3. The predicted molar refractivity (Wildman–Crippen MR) is 388 cm³/mol. The van der Waals surface area contributed by atoms with Crippen LogP contribution in [0.3, 0.4) is 0 Å². The molecule has 4 N–H and O–H groups in total. The summed E-state index contributed by atoms with van der Waals surface area (Å²) in [6.45, 7) is 21.7. The summed E-state index contributed by atoms with van der Waals surface area (Å²) in [5.74, 6) is -13.3. The fourth-order valence-electron chi connectivity index (χ4n) is 18.4. The normalized spacial score (nSPS) is 31.9. The first kappa shape index (κ1) is 80.1. The minimum Gasteiger partial charge on any atom is -0.462 e. The van der Waals surface area contributed by atoms with Gasteiger partial charge in [0, 0.05) is 64.0 Å². The van der Waals surface area contributed by atoms with Crippen LogP contribution in [-0.2, 0) is 90.5 Å². The van der Waals surface area contributed by atoms with Crippen molar-refractivity contribution in [2.24, 2.45) is 39.4 Å². The van der Waals surface area contributed by atoms with E-state index in [1.165, 1.54) is 78.8 Å². The van der Waals surface area contributed by atoms with Gasteiger partial charge in [-0.05, 0) is 120 Å². The van der Waals surface area contributed by atoms with Gasteiger partial charge in [-0.3, -0.25) is 38.4 Å². The van der Waals surface area contributed by atoms with Crippen LogP contribution in [0.4, 0.5) is 0 Å². The molecule has 7 aliphatic rings. The van der Waals surface area contributed by atoms with Crippen molar-refractivity contribution in [2.45, 2.75) is 212 Å². The van der Waals surface area contributed by atoms with E-state index < -0.39 is 215 Å². The summed E-state index contributed by atoms with van der Waals surface area (Å²) in [6, 6.07) is 31.3. The summed E-state index contributed by atoms with van der Waals surface area (Å²) in [4.78, 5) is 158. The van der Waals surface area contributed by atoms with Crippen LogP contribution < -0.4 is 5.32 Å². The first-order chi connectivity index (χ1) is 51.4. The Bertz CT molecular complexity index is 4340. The summed E-state index contributed by atoms with van der Waals surface area (Å²) < 4.78 is 62.8. The van der Waals surface area contributed by atoms with Crippen molar-refractivity contribution in [3.05, 3.63) is 184 Å². The van der Waals surface area contributed by atoms with Crippen molar-refractivity contribution in [1.82, 2.24) is 5.32 Å². The molecule has 1 saturated heterocycles. The Kier molecular flexibility index (Phi) is 22.9. The molecule has 1 heterocycles. The fourth-order valence-corrected chi connectivity index (χ4v) is 18.4. The van der Waals surface area contributed by atoms with E-state index in [9.17, 15) is 58.5 Å². The quantitative estimate of drug-likeness (QED) is 0.0277. The van der Waals surface area contributed by atoms with Crippen LogP contribution >= 0.6 is 0 Å². The van der Waals surface area contributed by atoms with Crippen LogP contribution in [0.15, 0.2) is 162 Å². The van der Waals surface area contributed by atoms with Crippen LogP contribution in [0.25, 0.3) is 6.08 Å². The van der Waals surface area contributed by atoms with Crippen molar-refractivity contribution in [1.29, 1.82) is 0 Å². The van der Waals surface area contributed by atoms with Crippen LogP contribution in [0.5, 0.6) is 0 Å². The predicted octanol–water partition coefficient (Wildman–Crippen LogP) is 9.18. The standard InChI is InChI=1S/C84H95NO24/c1-44-56-38-55-39-57(45(2)66(79(55,8)9)71(102-48(5)87)74(103-49(6)88)81(56,12)61(101-47(4)86)40-58(44)105-63(91)35-34-51-26-18-14-19-27-51)104-64(92)36-37-65(93)107-70-67-46(3)59(106-78(98)69(94)68(52-28-20-15-21-29-52)85-76(96)53-30-22-16-23-31-53)42-84(99,80(67,10)11)75(108-77(97)54-32-24-17-25-33-54)72-82(13,73(70)95)60(90)41-62-83(72,43-100-62)109-50(7)89/h14-35,55-62,68-72,74-75,90,94,99H,1,36-43H2,2-13H3,(H,85,96)/b35-34+/t55-,56-,57+,58+,59+,60+,61+,62-,68+,69-,70-,71-,72?,74+,75?,81+,82-,83+,84-/m1/s1. The van der Waals surface area contributed by atoms with E-state index in [2.05, 4.69) is 11.9 Å². The summed E-state index contributed by atoms with van der Waals surface area (Å²) in [5.41, 5.74) is -9.10. The van der Waals surface area contributed by atoms with Gasteiger partial charge < -0.3 is 68.0 Å². The molecule has 4 aromatic rings. The lowest BCUT2D eigenvalue weighted by molar-refractivity contribution is -0.346. The molecule has 109 heavy (non-hydrogen) atoms. The third kappa shape index (κ3) is 15.1. The Hall–Kier alpha value is -9.95. The maximum atomic E-state index is 16.6. The largest absolute Gasteiger partial charge is 0.462 e. The number of hydrogen-bond donors (Lipinski definition) is 4.